The maximum atomic E-state index is 12.3. The van der Waals surface area contributed by atoms with Gasteiger partial charge in [-0.3, -0.25) is 9.78 Å². The van der Waals surface area contributed by atoms with Gasteiger partial charge in [0.1, 0.15) is 19.0 Å². The molecule has 2 aromatic carbocycles. The summed E-state index contributed by atoms with van der Waals surface area (Å²) in [6.45, 7) is 0.594. The number of fused-ring (bicyclic) bond motifs is 2. The van der Waals surface area contributed by atoms with Gasteiger partial charge in [-0.1, -0.05) is 36.4 Å². The lowest BCUT2D eigenvalue weighted by Crippen LogP contribution is -2.26. The van der Waals surface area contributed by atoms with Crippen molar-refractivity contribution in [3.63, 3.8) is 0 Å². The lowest BCUT2D eigenvalue weighted by Gasteiger charge is -2.23. The van der Waals surface area contributed by atoms with Gasteiger partial charge in [0.15, 0.2) is 0 Å². The quantitative estimate of drug-likeness (QED) is 0.518. The molecule has 4 nitrogen and oxygen atoms in total. The number of ether oxygens (including phenoxy) is 2. The second-order valence-electron chi connectivity index (χ2n) is 6.55. The molecule has 0 spiro atoms. The molecule has 4 rings (SSSR count). The van der Waals surface area contributed by atoms with Gasteiger partial charge in [-0.05, 0) is 48.6 Å². The van der Waals surface area contributed by atoms with Gasteiger partial charge in [0, 0.05) is 11.6 Å². The molecule has 1 unspecified atom stereocenters. The molecule has 0 amide bonds. The second-order valence-corrected chi connectivity index (χ2v) is 6.55. The Morgan fingerprint density at radius 1 is 1.00 bits per heavy atom. The van der Waals surface area contributed by atoms with Crippen molar-refractivity contribution in [3.05, 3.63) is 71.9 Å². The van der Waals surface area contributed by atoms with Crippen molar-refractivity contribution in [2.24, 2.45) is 5.92 Å². The Bertz CT molecular complexity index is 917. The first-order chi connectivity index (χ1) is 12.8. The zero-order valence-corrected chi connectivity index (χ0v) is 14.6. The number of hydrogen-bond donors (Lipinski definition) is 0. The molecule has 0 aliphatic heterocycles. The summed E-state index contributed by atoms with van der Waals surface area (Å²) >= 11 is 0. The van der Waals surface area contributed by atoms with Crippen molar-refractivity contribution in [2.75, 3.05) is 13.2 Å². The van der Waals surface area contributed by atoms with E-state index in [2.05, 4.69) is 23.2 Å². The third-order valence-electron chi connectivity index (χ3n) is 4.87. The molecule has 1 heterocycles. The highest BCUT2D eigenvalue weighted by Gasteiger charge is 2.25. The molecular weight excluding hydrogens is 326 g/mol. The lowest BCUT2D eigenvalue weighted by molar-refractivity contribution is -0.149. The van der Waals surface area contributed by atoms with E-state index in [-0.39, 0.29) is 18.5 Å². The summed E-state index contributed by atoms with van der Waals surface area (Å²) in [7, 11) is 0. The SMILES string of the molecule is O=C(OCCOc1ccnc2ccccc12)C1CCc2ccccc2C1. The third-order valence-corrected chi connectivity index (χ3v) is 4.87. The number of aryl methyl sites for hydroxylation is 1. The van der Waals surface area contributed by atoms with Gasteiger partial charge in [-0.15, -0.1) is 0 Å². The van der Waals surface area contributed by atoms with Crippen LogP contribution < -0.4 is 4.74 Å². The number of nitrogens with zero attached hydrogens (tertiary/aromatic N) is 1. The van der Waals surface area contributed by atoms with E-state index in [1.807, 2.05) is 36.4 Å². The van der Waals surface area contributed by atoms with Gasteiger partial charge in [-0.25, -0.2) is 0 Å². The molecule has 1 atom stereocenters. The van der Waals surface area contributed by atoms with Gasteiger partial charge in [0.2, 0.25) is 0 Å². The Labute approximate surface area is 152 Å². The summed E-state index contributed by atoms with van der Waals surface area (Å²) < 4.78 is 11.2. The number of benzene rings is 2. The van der Waals surface area contributed by atoms with E-state index in [4.69, 9.17) is 9.47 Å². The molecule has 1 aromatic heterocycles. The molecule has 132 valence electrons. The van der Waals surface area contributed by atoms with Gasteiger partial charge in [0.05, 0.1) is 11.4 Å². The Hall–Kier alpha value is -2.88. The van der Waals surface area contributed by atoms with Crippen LogP contribution in [0.5, 0.6) is 5.75 Å². The lowest BCUT2D eigenvalue weighted by atomic mass is 9.84. The van der Waals surface area contributed by atoms with E-state index >= 15 is 0 Å². The summed E-state index contributed by atoms with van der Waals surface area (Å²) in [5.41, 5.74) is 3.51. The zero-order chi connectivity index (χ0) is 17.8. The molecular formula is C22H21NO3. The minimum Gasteiger partial charge on any atom is -0.489 e. The largest absolute Gasteiger partial charge is 0.489 e. The molecule has 1 aliphatic rings. The molecule has 1 aliphatic carbocycles. The maximum Gasteiger partial charge on any atom is 0.309 e. The number of hydrogen-bond acceptors (Lipinski definition) is 4. The third kappa shape index (κ3) is 3.54. The zero-order valence-electron chi connectivity index (χ0n) is 14.6. The van der Waals surface area contributed by atoms with Crippen LogP contribution >= 0.6 is 0 Å². The van der Waals surface area contributed by atoms with Crippen LogP contribution in [0, 0.1) is 5.92 Å². The number of carbonyl (C=O) groups excluding carboxylic acids is 1. The Balaban J connectivity index is 1.29. The number of para-hydroxylation sites is 1. The van der Waals surface area contributed by atoms with Crippen molar-refractivity contribution in [3.8, 4) is 5.75 Å². The maximum absolute atomic E-state index is 12.3. The number of esters is 1. The topological polar surface area (TPSA) is 48.4 Å². The van der Waals surface area contributed by atoms with Crippen molar-refractivity contribution in [1.82, 2.24) is 4.98 Å². The van der Waals surface area contributed by atoms with Crippen LogP contribution in [-0.4, -0.2) is 24.2 Å². The average molecular weight is 347 g/mol. The van der Waals surface area contributed by atoms with Gasteiger partial charge < -0.3 is 9.47 Å². The second kappa shape index (κ2) is 7.56. The predicted octanol–water partition coefficient (Wildman–Crippen LogP) is 3.96. The minimum absolute atomic E-state index is 0.0494. The van der Waals surface area contributed by atoms with Crippen LogP contribution in [0.1, 0.15) is 17.5 Å². The highest BCUT2D eigenvalue weighted by atomic mass is 16.6. The van der Waals surface area contributed by atoms with Crippen LogP contribution in [0.25, 0.3) is 10.9 Å². The van der Waals surface area contributed by atoms with Crippen molar-refractivity contribution in [1.29, 1.82) is 0 Å². The van der Waals surface area contributed by atoms with Crippen molar-refractivity contribution >= 4 is 16.9 Å². The van der Waals surface area contributed by atoms with Crippen LogP contribution in [0.3, 0.4) is 0 Å². The highest BCUT2D eigenvalue weighted by Crippen LogP contribution is 2.26. The molecule has 0 radical (unpaired) electrons. The molecule has 0 saturated heterocycles. The number of pyridine rings is 1. The monoisotopic (exact) mass is 347 g/mol. The molecule has 0 fully saturated rings. The van der Waals surface area contributed by atoms with Crippen molar-refractivity contribution in [2.45, 2.75) is 19.3 Å². The fourth-order valence-corrected chi connectivity index (χ4v) is 3.51. The Morgan fingerprint density at radius 3 is 2.73 bits per heavy atom. The first-order valence-electron chi connectivity index (χ1n) is 9.01. The fraction of sp³-hybridized carbons (Fsp3) is 0.273. The normalized spacial score (nSPS) is 16.1. The predicted molar refractivity (Wildman–Crippen MR) is 100 cm³/mol. The van der Waals surface area contributed by atoms with Crippen LogP contribution in [0.4, 0.5) is 0 Å². The summed E-state index contributed by atoms with van der Waals surface area (Å²) in [6.07, 6.45) is 4.29. The van der Waals surface area contributed by atoms with E-state index in [1.54, 1.807) is 6.20 Å². The molecule has 0 bridgehead atoms. The van der Waals surface area contributed by atoms with E-state index in [1.165, 1.54) is 11.1 Å². The first-order valence-corrected chi connectivity index (χ1v) is 9.01. The van der Waals surface area contributed by atoms with Crippen LogP contribution in [0.2, 0.25) is 0 Å². The fourth-order valence-electron chi connectivity index (χ4n) is 3.51. The molecule has 3 aromatic rings. The summed E-state index contributed by atoms with van der Waals surface area (Å²) in [4.78, 5) is 16.7. The molecule has 0 N–H and O–H groups in total. The van der Waals surface area contributed by atoms with E-state index < -0.39 is 0 Å². The van der Waals surface area contributed by atoms with Gasteiger partial charge >= 0.3 is 5.97 Å². The van der Waals surface area contributed by atoms with E-state index in [0.29, 0.717) is 6.61 Å². The molecule has 0 saturated carbocycles. The van der Waals surface area contributed by atoms with Crippen LogP contribution in [0.15, 0.2) is 60.8 Å². The summed E-state index contributed by atoms with van der Waals surface area (Å²) in [6, 6.07) is 18.0. The minimum atomic E-state index is -0.123. The standard InChI is InChI=1S/C22H21NO3/c24-22(18-10-9-16-5-1-2-6-17(16)15-18)26-14-13-25-21-11-12-23-20-8-4-3-7-19(20)21/h1-8,11-12,18H,9-10,13-15H2. The average Bonchev–Trinajstić information content (AvgIpc) is 2.70. The van der Waals surface area contributed by atoms with Gasteiger partial charge in [-0.2, -0.15) is 0 Å². The van der Waals surface area contributed by atoms with E-state index in [0.717, 1.165) is 35.9 Å². The van der Waals surface area contributed by atoms with Crippen LogP contribution in [-0.2, 0) is 22.4 Å². The molecule has 26 heavy (non-hydrogen) atoms. The molecule has 4 heteroatoms. The highest BCUT2D eigenvalue weighted by molar-refractivity contribution is 5.84. The Kier molecular flexibility index (Phi) is 4.82. The van der Waals surface area contributed by atoms with Gasteiger partial charge in [0.25, 0.3) is 0 Å². The summed E-state index contributed by atoms with van der Waals surface area (Å²) in [5, 5.41) is 0.963. The number of carbonyl (C=O) groups is 1. The van der Waals surface area contributed by atoms with E-state index in [9.17, 15) is 4.79 Å². The van der Waals surface area contributed by atoms with Crippen molar-refractivity contribution < 1.29 is 14.3 Å². The first kappa shape index (κ1) is 16.6. The Morgan fingerprint density at radius 2 is 1.81 bits per heavy atom. The smallest absolute Gasteiger partial charge is 0.309 e. The number of rotatable bonds is 5. The summed E-state index contributed by atoms with van der Waals surface area (Å²) in [5.74, 6) is 0.590. The number of aromatic nitrogens is 1.